The van der Waals surface area contributed by atoms with Gasteiger partial charge in [-0.3, -0.25) is 4.79 Å². The number of ether oxygens (including phenoxy) is 2. The molecule has 3 nitrogen and oxygen atoms in total. The van der Waals surface area contributed by atoms with Gasteiger partial charge in [0.05, 0.1) is 13.2 Å². The molecule has 0 N–H and O–H groups in total. The highest BCUT2D eigenvalue weighted by Gasteiger charge is 2.48. The van der Waals surface area contributed by atoms with E-state index in [1.54, 1.807) is 0 Å². The Morgan fingerprint density at radius 3 is 1.97 bits per heavy atom. The van der Waals surface area contributed by atoms with Gasteiger partial charge in [0.1, 0.15) is 13.9 Å². The van der Waals surface area contributed by atoms with Crippen molar-refractivity contribution >= 4 is 24.2 Å². The number of benzene rings is 2. The van der Waals surface area contributed by atoms with Gasteiger partial charge in [0.2, 0.25) is 0 Å². The number of ketones is 1. The Hall–Kier alpha value is -1.75. The standard InChI is InChI=1S/C25H34O3Si/c1-4-5-8-17-23(26)24(20-25(2)27-18-19-28-25)29(3,21-13-9-6-10-14-21)22-15-11-7-12-16-22/h6-7,9-16,24H,4-5,8,17-20H2,1-3H3. The molecule has 0 aliphatic carbocycles. The molecule has 0 spiro atoms. The Morgan fingerprint density at radius 1 is 0.966 bits per heavy atom. The fourth-order valence-corrected chi connectivity index (χ4v) is 9.02. The zero-order valence-electron chi connectivity index (χ0n) is 18.0. The maximum absolute atomic E-state index is 13.7. The van der Waals surface area contributed by atoms with Crippen LogP contribution in [-0.4, -0.2) is 32.9 Å². The van der Waals surface area contributed by atoms with E-state index >= 15 is 0 Å². The van der Waals surface area contributed by atoms with Crippen LogP contribution >= 0.6 is 0 Å². The van der Waals surface area contributed by atoms with E-state index in [4.69, 9.17) is 9.47 Å². The molecule has 3 rings (SSSR count). The van der Waals surface area contributed by atoms with E-state index in [9.17, 15) is 4.79 Å². The van der Waals surface area contributed by atoms with Crippen LogP contribution < -0.4 is 10.4 Å². The van der Waals surface area contributed by atoms with E-state index in [0.29, 0.717) is 31.8 Å². The molecule has 0 radical (unpaired) electrons. The maximum Gasteiger partial charge on any atom is 0.166 e. The molecule has 1 heterocycles. The average molecular weight is 411 g/mol. The zero-order chi connectivity index (χ0) is 20.7. The van der Waals surface area contributed by atoms with Crippen LogP contribution in [0.25, 0.3) is 0 Å². The largest absolute Gasteiger partial charge is 0.348 e. The molecule has 156 valence electrons. The van der Waals surface area contributed by atoms with Gasteiger partial charge in [-0.2, -0.15) is 0 Å². The van der Waals surface area contributed by atoms with Crippen LogP contribution in [0.1, 0.15) is 46.0 Å². The molecule has 0 amide bonds. The predicted molar refractivity (Wildman–Crippen MR) is 122 cm³/mol. The third-order valence-electron chi connectivity index (χ3n) is 6.33. The van der Waals surface area contributed by atoms with Crippen molar-refractivity contribution in [2.24, 2.45) is 0 Å². The summed E-state index contributed by atoms with van der Waals surface area (Å²) in [5.74, 6) is -0.316. The molecule has 2 aromatic rings. The molecule has 0 saturated carbocycles. The van der Waals surface area contributed by atoms with Crippen molar-refractivity contribution in [2.75, 3.05) is 13.2 Å². The Balaban J connectivity index is 2.05. The highest BCUT2D eigenvalue weighted by molar-refractivity contribution is 7.04. The topological polar surface area (TPSA) is 35.5 Å². The van der Waals surface area contributed by atoms with E-state index in [2.05, 4.69) is 62.0 Å². The first kappa shape index (κ1) is 21.9. The molecule has 1 atom stereocenters. The Labute approximate surface area is 176 Å². The minimum Gasteiger partial charge on any atom is -0.348 e. The molecule has 1 aliphatic rings. The predicted octanol–water partition coefficient (Wildman–Crippen LogP) is 4.55. The summed E-state index contributed by atoms with van der Waals surface area (Å²) in [5, 5.41) is 2.59. The first-order chi connectivity index (χ1) is 14.0. The van der Waals surface area contributed by atoms with Crippen molar-refractivity contribution in [1.82, 2.24) is 0 Å². The number of rotatable bonds is 10. The molecule has 1 fully saturated rings. The summed E-state index contributed by atoms with van der Waals surface area (Å²) in [6.45, 7) is 7.72. The second kappa shape index (κ2) is 9.83. The summed E-state index contributed by atoms with van der Waals surface area (Å²) in [4.78, 5) is 13.7. The molecule has 29 heavy (non-hydrogen) atoms. The van der Waals surface area contributed by atoms with Crippen molar-refractivity contribution in [3.63, 3.8) is 0 Å². The molecule has 0 aromatic heterocycles. The van der Waals surface area contributed by atoms with Gasteiger partial charge in [-0.05, 0) is 13.3 Å². The van der Waals surface area contributed by atoms with Crippen molar-refractivity contribution in [2.45, 2.75) is 63.8 Å². The minimum atomic E-state index is -2.38. The number of hydrogen-bond donors (Lipinski definition) is 0. The van der Waals surface area contributed by atoms with Gasteiger partial charge in [-0.1, -0.05) is 97.3 Å². The van der Waals surface area contributed by atoms with Crippen molar-refractivity contribution < 1.29 is 14.3 Å². The number of hydrogen-bond acceptors (Lipinski definition) is 3. The van der Waals surface area contributed by atoms with Crippen LogP contribution in [0.5, 0.6) is 0 Å². The molecule has 2 aromatic carbocycles. The minimum absolute atomic E-state index is 0.0905. The summed E-state index contributed by atoms with van der Waals surface area (Å²) >= 11 is 0. The molecule has 1 saturated heterocycles. The van der Waals surface area contributed by atoms with Crippen LogP contribution in [0.2, 0.25) is 12.1 Å². The van der Waals surface area contributed by atoms with E-state index in [-0.39, 0.29) is 5.54 Å². The fourth-order valence-electron chi connectivity index (χ4n) is 4.55. The summed E-state index contributed by atoms with van der Waals surface area (Å²) in [5.41, 5.74) is -0.0905. The van der Waals surface area contributed by atoms with Crippen molar-refractivity contribution in [3.05, 3.63) is 60.7 Å². The number of carbonyl (C=O) groups excluding carboxylic acids is 1. The Morgan fingerprint density at radius 2 is 1.48 bits per heavy atom. The van der Waals surface area contributed by atoms with Crippen LogP contribution in [0.3, 0.4) is 0 Å². The lowest BCUT2D eigenvalue weighted by atomic mass is 10.0. The lowest BCUT2D eigenvalue weighted by Gasteiger charge is -2.39. The van der Waals surface area contributed by atoms with Gasteiger partial charge < -0.3 is 9.47 Å². The molecule has 1 unspecified atom stereocenters. The van der Waals surface area contributed by atoms with Gasteiger partial charge in [-0.15, -0.1) is 0 Å². The van der Waals surface area contributed by atoms with Crippen LogP contribution in [0.15, 0.2) is 60.7 Å². The van der Waals surface area contributed by atoms with Crippen LogP contribution in [0.4, 0.5) is 0 Å². The summed E-state index contributed by atoms with van der Waals surface area (Å²) in [6.07, 6.45) is 4.42. The highest BCUT2D eigenvalue weighted by atomic mass is 28.3. The highest BCUT2D eigenvalue weighted by Crippen LogP contribution is 2.37. The van der Waals surface area contributed by atoms with E-state index in [1.165, 1.54) is 10.4 Å². The molecular formula is C25H34O3Si. The first-order valence-corrected chi connectivity index (χ1v) is 13.5. The van der Waals surface area contributed by atoms with Crippen molar-refractivity contribution in [3.8, 4) is 0 Å². The maximum atomic E-state index is 13.7. The molecule has 4 heteroatoms. The average Bonchev–Trinajstić information content (AvgIpc) is 3.19. The second-order valence-electron chi connectivity index (χ2n) is 8.45. The van der Waals surface area contributed by atoms with Gasteiger partial charge in [0, 0.05) is 18.4 Å². The summed E-state index contributed by atoms with van der Waals surface area (Å²) < 4.78 is 11.9. The lowest BCUT2D eigenvalue weighted by molar-refractivity contribution is -0.151. The van der Waals surface area contributed by atoms with E-state index in [0.717, 1.165) is 19.3 Å². The number of Topliss-reactive ketones (excluding diaryl/α,β-unsaturated/α-hetero) is 1. The van der Waals surface area contributed by atoms with E-state index < -0.39 is 13.9 Å². The molecular weight excluding hydrogens is 376 g/mol. The third kappa shape index (κ3) is 5.06. The molecule has 0 bridgehead atoms. The summed E-state index contributed by atoms with van der Waals surface area (Å²) in [6, 6.07) is 21.2. The normalized spacial score (nSPS) is 17.2. The third-order valence-corrected chi connectivity index (χ3v) is 11.3. The SMILES string of the molecule is CCCCCC(=O)C(CC1(C)OCCO1)[Si](C)(c1ccccc1)c1ccccc1. The number of unbranched alkanes of at least 4 members (excludes halogenated alkanes) is 2. The monoisotopic (exact) mass is 410 g/mol. The van der Waals surface area contributed by atoms with Crippen LogP contribution in [-0.2, 0) is 14.3 Å². The van der Waals surface area contributed by atoms with Gasteiger partial charge >= 0.3 is 0 Å². The van der Waals surface area contributed by atoms with Gasteiger partial charge in [0.15, 0.2) is 5.79 Å². The smallest absolute Gasteiger partial charge is 0.166 e. The van der Waals surface area contributed by atoms with E-state index in [1.807, 2.05) is 19.1 Å². The van der Waals surface area contributed by atoms with Gasteiger partial charge in [-0.25, -0.2) is 0 Å². The second-order valence-corrected chi connectivity index (χ2v) is 12.7. The fraction of sp³-hybridized carbons (Fsp3) is 0.480. The van der Waals surface area contributed by atoms with Crippen LogP contribution in [0, 0.1) is 0 Å². The summed E-state index contributed by atoms with van der Waals surface area (Å²) in [7, 11) is -2.38. The Bertz CT molecular complexity index is 730. The quantitative estimate of drug-likeness (QED) is 0.426. The lowest BCUT2D eigenvalue weighted by Crippen LogP contribution is -2.62. The molecule has 1 aliphatic heterocycles. The van der Waals surface area contributed by atoms with Gasteiger partial charge in [0.25, 0.3) is 0 Å². The van der Waals surface area contributed by atoms with Crippen molar-refractivity contribution in [1.29, 1.82) is 0 Å². The number of carbonyl (C=O) groups is 1. The zero-order valence-corrected chi connectivity index (χ0v) is 19.0. The first-order valence-electron chi connectivity index (χ1n) is 10.9. The Kier molecular flexibility index (Phi) is 7.44.